The number of rotatable bonds is 12. The molecule has 1 aliphatic heterocycles. The molecule has 0 spiro atoms. The smallest absolute Gasteiger partial charge is 0.244 e. The highest BCUT2D eigenvalue weighted by Crippen LogP contribution is 2.34. The monoisotopic (exact) mass is 597 g/mol. The second kappa shape index (κ2) is 13.7. The minimum absolute atomic E-state index is 0.0384. The largest absolute Gasteiger partial charge is 0.486 e. The van der Waals surface area contributed by atoms with Gasteiger partial charge in [0.25, 0.3) is 0 Å². The lowest BCUT2D eigenvalue weighted by atomic mass is 10.0. The first kappa shape index (κ1) is 30.8. The highest BCUT2D eigenvalue weighted by atomic mass is 32.2. The fourth-order valence-corrected chi connectivity index (χ4v) is 5.42. The fourth-order valence-electron chi connectivity index (χ4n) is 4.58. The number of fused-ring (bicyclic) bond motifs is 1. The van der Waals surface area contributed by atoms with Crippen molar-refractivity contribution in [2.45, 2.75) is 45.3 Å². The van der Waals surface area contributed by atoms with Gasteiger partial charge in [0, 0.05) is 25.1 Å². The highest BCUT2D eigenvalue weighted by molar-refractivity contribution is 7.92. The lowest BCUT2D eigenvalue weighted by molar-refractivity contribution is -0.140. The van der Waals surface area contributed by atoms with Gasteiger partial charge in [-0.2, -0.15) is 0 Å². The number of amides is 2. The number of carbonyl (C=O) groups excluding carboxylic acids is 2. The molecular formula is C31H36FN3O6S. The molecule has 9 nitrogen and oxygen atoms in total. The Bertz CT molecular complexity index is 1480. The Morgan fingerprint density at radius 1 is 0.952 bits per heavy atom. The standard InChI is InChI=1S/C31H36FN3O6S/c1-4-22(2)33-31(37)27(18-23-8-6-5-7-9-23)34(20-24-10-12-25(32)13-11-24)30(36)21-35(42(3,38)39)26-14-15-28-29(19-26)41-17-16-40-28/h5-15,19,22,27H,4,16-18,20-21H2,1-3H3,(H,33,37)/t22-,27-/m0/s1. The first-order valence-electron chi connectivity index (χ1n) is 13.8. The molecule has 0 unspecified atom stereocenters. The van der Waals surface area contributed by atoms with E-state index in [9.17, 15) is 22.4 Å². The summed E-state index contributed by atoms with van der Waals surface area (Å²) in [6.45, 7) is 3.89. The van der Waals surface area contributed by atoms with Gasteiger partial charge in [-0.05, 0) is 48.7 Å². The number of ether oxygens (including phenoxy) is 2. The van der Waals surface area contributed by atoms with Crippen LogP contribution < -0.4 is 19.1 Å². The summed E-state index contributed by atoms with van der Waals surface area (Å²) in [5.41, 5.74) is 1.63. The molecule has 0 saturated heterocycles. The molecule has 0 bridgehead atoms. The van der Waals surface area contributed by atoms with E-state index in [2.05, 4.69) is 5.32 Å². The van der Waals surface area contributed by atoms with E-state index in [4.69, 9.17) is 9.47 Å². The van der Waals surface area contributed by atoms with Crippen molar-refractivity contribution in [1.29, 1.82) is 0 Å². The lowest BCUT2D eigenvalue weighted by Crippen LogP contribution is -2.54. The molecule has 3 aromatic carbocycles. The van der Waals surface area contributed by atoms with Crippen LogP contribution in [0.25, 0.3) is 0 Å². The molecule has 0 radical (unpaired) electrons. The van der Waals surface area contributed by atoms with Gasteiger partial charge >= 0.3 is 0 Å². The number of sulfonamides is 1. The van der Waals surface area contributed by atoms with Gasteiger partial charge in [-0.3, -0.25) is 13.9 Å². The summed E-state index contributed by atoms with van der Waals surface area (Å²) in [5.74, 6) is -0.548. The van der Waals surface area contributed by atoms with Crippen molar-refractivity contribution >= 4 is 27.5 Å². The first-order chi connectivity index (χ1) is 20.0. The Hall–Kier alpha value is -4.12. The molecule has 1 aliphatic rings. The predicted molar refractivity (Wildman–Crippen MR) is 158 cm³/mol. The van der Waals surface area contributed by atoms with Gasteiger partial charge < -0.3 is 19.7 Å². The molecule has 42 heavy (non-hydrogen) atoms. The van der Waals surface area contributed by atoms with Crippen LogP contribution in [0.1, 0.15) is 31.4 Å². The number of anilines is 1. The van der Waals surface area contributed by atoms with Crippen LogP contribution in [0.2, 0.25) is 0 Å². The quantitative estimate of drug-likeness (QED) is 0.340. The van der Waals surface area contributed by atoms with E-state index in [1.165, 1.54) is 35.2 Å². The van der Waals surface area contributed by atoms with Crippen LogP contribution >= 0.6 is 0 Å². The molecule has 0 fully saturated rings. The van der Waals surface area contributed by atoms with Crippen LogP contribution in [0.3, 0.4) is 0 Å². The van der Waals surface area contributed by atoms with E-state index in [0.717, 1.165) is 16.1 Å². The molecule has 1 heterocycles. The molecule has 0 saturated carbocycles. The van der Waals surface area contributed by atoms with Gasteiger partial charge in [0.15, 0.2) is 11.5 Å². The molecule has 11 heteroatoms. The van der Waals surface area contributed by atoms with Crippen molar-refractivity contribution in [3.8, 4) is 11.5 Å². The third kappa shape index (κ3) is 8.00. The summed E-state index contributed by atoms with van der Waals surface area (Å²) in [6.07, 6.45) is 1.89. The second-order valence-corrected chi connectivity index (χ2v) is 12.2. The average Bonchev–Trinajstić information content (AvgIpc) is 2.98. The number of benzene rings is 3. The summed E-state index contributed by atoms with van der Waals surface area (Å²) in [6, 6.07) is 18.5. The topological polar surface area (TPSA) is 105 Å². The number of halogens is 1. The summed E-state index contributed by atoms with van der Waals surface area (Å²) in [5, 5.41) is 2.97. The van der Waals surface area contributed by atoms with Crippen molar-refractivity contribution in [2.75, 3.05) is 30.3 Å². The summed E-state index contributed by atoms with van der Waals surface area (Å²) in [4.78, 5) is 29.2. The van der Waals surface area contributed by atoms with Crippen molar-refractivity contribution in [2.24, 2.45) is 0 Å². The maximum Gasteiger partial charge on any atom is 0.244 e. The van der Waals surface area contributed by atoms with Crippen LogP contribution in [-0.2, 0) is 32.6 Å². The fraction of sp³-hybridized carbons (Fsp3) is 0.355. The Morgan fingerprint density at radius 3 is 2.26 bits per heavy atom. The van der Waals surface area contributed by atoms with Crippen LogP contribution in [0.15, 0.2) is 72.8 Å². The van der Waals surface area contributed by atoms with Gasteiger partial charge in [-0.1, -0.05) is 49.4 Å². The number of carbonyl (C=O) groups is 2. The average molecular weight is 598 g/mol. The SMILES string of the molecule is CC[C@H](C)NC(=O)[C@H](Cc1ccccc1)N(Cc1ccc(F)cc1)C(=O)CN(c1ccc2c(c1)OCCO2)S(C)(=O)=O. The van der Waals surface area contributed by atoms with E-state index >= 15 is 0 Å². The summed E-state index contributed by atoms with van der Waals surface area (Å²) < 4.78 is 51.9. The van der Waals surface area contributed by atoms with E-state index in [1.54, 1.807) is 12.1 Å². The molecule has 224 valence electrons. The van der Waals surface area contributed by atoms with Crippen LogP contribution in [0, 0.1) is 5.82 Å². The third-order valence-corrected chi connectivity index (χ3v) is 8.17. The zero-order valence-electron chi connectivity index (χ0n) is 24.0. The molecule has 3 aromatic rings. The predicted octanol–water partition coefficient (Wildman–Crippen LogP) is 3.92. The minimum atomic E-state index is -3.94. The normalized spacial score (nSPS) is 14.0. The zero-order valence-corrected chi connectivity index (χ0v) is 24.8. The van der Waals surface area contributed by atoms with E-state index in [1.807, 2.05) is 44.2 Å². The van der Waals surface area contributed by atoms with E-state index in [-0.39, 0.29) is 30.6 Å². The Labute approximate surface area is 246 Å². The number of hydrogen-bond acceptors (Lipinski definition) is 6. The molecule has 2 atom stereocenters. The maximum absolute atomic E-state index is 14.1. The Kier molecular flexibility index (Phi) is 10.1. The van der Waals surface area contributed by atoms with E-state index < -0.39 is 34.3 Å². The molecule has 2 amide bonds. The van der Waals surface area contributed by atoms with Gasteiger partial charge in [-0.15, -0.1) is 0 Å². The Morgan fingerprint density at radius 2 is 1.62 bits per heavy atom. The third-order valence-electron chi connectivity index (χ3n) is 7.03. The van der Waals surface area contributed by atoms with Crippen molar-refractivity contribution in [3.63, 3.8) is 0 Å². The molecule has 0 aliphatic carbocycles. The number of hydrogen-bond donors (Lipinski definition) is 1. The minimum Gasteiger partial charge on any atom is -0.486 e. The van der Waals surface area contributed by atoms with Gasteiger partial charge in [0.1, 0.15) is 31.6 Å². The van der Waals surface area contributed by atoms with Crippen molar-refractivity contribution < 1.29 is 31.9 Å². The highest BCUT2D eigenvalue weighted by Gasteiger charge is 2.33. The van der Waals surface area contributed by atoms with Crippen molar-refractivity contribution in [1.82, 2.24) is 10.2 Å². The molecule has 0 aromatic heterocycles. The van der Waals surface area contributed by atoms with Crippen LogP contribution in [0.5, 0.6) is 11.5 Å². The van der Waals surface area contributed by atoms with Gasteiger partial charge in [0.2, 0.25) is 21.8 Å². The van der Waals surface area contributed by atoms with Gasteiger partial charge in [0.05, 0.1) is 11.9 Å². The van der Waals surface area contributed by atoms with Crippen LogP contribution in [-0.4, -0.2) is 63.2 Å². The molecular weight excluding hydrogens is 561 g/mol. The second-order valence-electron chi connectivity index (χ2n) is 10.3. The maximum atomic E-state index is 14.1. The number of nitrogens with zero attached hydrogens (tertiary/aromatic N) is 2. The Balaban J connectivity index is 1.73. The molecule has 1 N–H and O–H groups in total. The summed E-state index contributed by atoms with van der Waals surface area (Å²) >= 11 is 0. The van der Waals surface area contributed by atoms with Gasteiger partial charge in [-0.25, -0.2) is 12.8 Å². The molecule has 4 rings (SSSR count). The van der Waals surface area contributed by atoms with Crippen LogP contribution in [0.4, 0.5) is 10.1 Å². The zero-order chi connectivity index (χ0) is 30.3. The van der Waals surface area contributed by atoms with E-state index in [0.29, 0.717) is 36.7 Å². The van der Waals surface area contributed by atoms with Crippen molar-refractivity contribution in [3.05, 3.63) is 89.7 Å². The first-order valence-corrected chi connectivity index (χ1v) is 15.7. The lowest BCUT2D eigenvalue weighted by Gasteiger charge is -2.34. The number of nitrogens with one attached hydrogen (secondary N) is 1. The summed E-state index contributed by atoms with van der Waals surface area (Å²) in [7, 11) is -3.94.